The van der Waals surface area contributed by atoms with E-state index in [1.54, 1.807) is 5.48 Å². The molecule has 126 valence electrons. The molecule has 0 radical (unpaired) electrons. The van der Waals surface area contributed by atoms with Gasteiger partial charge in [0.25, 0.3) is 0 Å². The molecular weight excluding hydrogens is 304 g/mol. The molecule has 0 fully saturated rings. The Labute approximate surface area is 141 Å². The van der Waals surface area contributed by atoms with Gasteiger partial charge >= 0.3 is 0 Å². The van der Waals surface area contributed by atoms with Gasteiger partial charge in [0.15, 0.2) is 0 Å². The summed E-state index contributed by atoms with van der Waals surface area (Å²) in [7, 11) is 0. The monoisotopic (exact) mass is 326 g/mol. The number of hydrogen-bond acceptors (Lipinski definition) is 3. The number of aryl methyl sites for hydroxylation is 1. The lowest BCUT2D eigenvalue weighted by Crippen LogP contribution is -2.20. The number of hydrogen-bond donors (Lipinski definition) is 3. The molecule has 24 heavy (non-hydrogen) atoms. The third kappa shape index (κ3) is 4.93. The van der Waals surface area contributed by atoms with E-state index >= 15 is 0 Å². The summed E-state index contributed by atoms with van der Waals surface area (Å²) in [4.78, 5) is 23.5. The summed E-state index contributed by atoms with van der Waals surface area (Å²) < 4.78 is 0. The van der Waals surface area contributed by atoms with Gasteiger partial charge in [0, 0.05) is 12.1 Å². The van der Waals surface area contributed by atoms with Crippen molar-refractivity contribution < 1.29 is 14.8 Å². The van der Waals surface area contributed by atoms with Crippen LogP contribution in [0.2, 0.25) is 0 Å². The van der Waals surface area contributed by atoms with Crippen LogP contribution in [0.25, 0.3) is 0 Å². The van der Waals surface area contributed by atoms with Crippen LogP contribution in [-0.4, -0.2) is 17.0 Å². The summed E-state index contributed by atoms with van der Waals surface area (Å²) in [5.41, 5.74) is 4.31. The molecule has 5 nitrogen and oxygen atoms in total. The number of benzene rings is 2. The Morgan fingerprint density at radius 1 is 1.04 bits per heavy atom. The summed E-state index contributed by atoms with van der Waals surface area (Å²) in [5, 5.41) is 11.4. The maximum absolute atomic E-state index is 12.5. The zero-order chi connectivity index (χ0) is 17.4. The normalized spacial score (nSPS) is 11.6. The molecule has 3 N–H and O–H groups in total. The van der Waals surface area contributed by atoms with Crippen LogP contribution in [0, 0.1) is 0 Å². The number of hydroxylamine groups is 1. The molecule has 0 bridgehead atoms. The quantitative estimate of drug-likeness (QED) is 0.540. The Hall–Kier alpha value is -2.66. The number of carbonyl (C=O) groups is 2. The Kier molecular flexibility index (Phi) is 6.51. The first-order valence-electron chi connectivity index (χ1n) is 8.01. The van der Waals surface area contributed by atoms with Gasteiger partial charge in [-0.15, -0.1) is 0 Å². The fourth-order valence-electron chi connectivity index (χ4n) is 2.56. The number of rotatable bonds is 7. The molecule has 0 aliphatic rings. The number of carbonyl (C=O) groups excluding carboxylic acids is 2. The molecule has 0 saturated carbocycles. The molecule has 2 rings (SSSR count). The largest absolute Gasteiger partial charge is 0.326 e. The van der Waals surface area contributed by atoms with E-state index in [2.05, 4.69) is 5.32 Å². The van der Waals surface area contributed by atoms with Gasteiger partial charge in [-0.05, 0) is 36.1 Å². The van der Waals surface area contributed by atoms with Crippen molar-refractivity contribution in [2.75, 3.05) is 5.32 Å². The molecule has 0 aliphatic carbocycles. The third-order valence-electron chi connectivity index (χ3n) is 3.91. The van der Waals surface area contributed by atoms with Crippen LogP contribution in [0.5, 0.6) is 0 Å². The summed E-state index contributed by atoms with van der Waals surface area (Å²) >= 11 is 0. The van der Waals surface area contributed by atoms with Crippen LogP contribution in [-0.2, 0) is 16.0 Å². The standard InChI is InChI=1S/C19H22N2O3/c1-2-17(15-6-4-3-5-7-15)19(23)20-16-11-8-14(9-12-16)10-13-18(22)21-24/h3-9,11-12,17,24H,2,10,13H2,1H3,(H,20,23)(H,21,22). The minimum Gasteiger partial charge on any atom is -0.326 e. The van der Waals surface area contributed by atoms with Crippen LogP contribution in [0.15, 0.2) is 54.6 Å². The average Bonchev–Trinajstić information content (AvgIpc) is 2.62. The summed E-state index contributed by atoms with van der Waals surface area (Å²) in [6.45, 7) is 1.99. The van der Waals surface area contributed by atoms with Crippen LogP contribution >= 0.6 is 0 Å². The topological polar surface area (TPSA) is 78.4 Å². The predicted octanol–water partition coefficient (Wildman–Crippen LogP) is 3.26. The molecule has 0 spiro atoms. The molecular formula is C19H22N2O3. The van der Waals surface area contributed by atoms with Crippen LogP contribution in [0.3, 0.4) is 0 Å². The van der Waals surface area contributed by atoms with E-state index in [0.29, 0.717) is 6.42 Å². The van der Waals surface area contributed by atoms with Gasteiger partial charge < -0.3 is 5.32 Å². The second kappa shape index (κ2) is 8.84. The molecule has 0 saturated heterocycles. The van der Waals surface area contributed by atoms with Crippen LogP contribution < -0.4 is 10.8 Å². The Morgan fingerprint density at radius 2 is 1.71 bits per heavy atom. The van der Waals surface area contributed by atoms with Crippen molar-refractivity contribution in [1.82, 2.24) is 5.48 Å². The molecule has 1 unspecified atom stereocenters. The van der Waals surface area contributed by atoms with E-state index in [4.69, 9.17) is 5.21 Å². The minimum atomic E-state index is -0.416. The SMILES string of the molecule is CCC(C(=O)Nc1ccc(CCC(=O)NO)cc1)c1ccccc1. The highest BCUT2D eigenvalue weighted by Gasteiger charge is 2.18. The molecule has 0 heterocycles. The van der Waals surface area contributed by atoms with E-state index in [1.165, 1.54) is 0 Å². The predicted molar refractivity (Wildman–Crippen MR) is 92.8 cm³/mol. The fraction of sp³-hybridized carbons (Fsp3) is 0.263. The lowest BCUT2D eigenvalue weighted by atomic mass is 9.95. The van der Waals surface area contributed by atoms with Gasteiger partial charge in [-0.2, -0.15) is 0 Å². The van der Waals surface area contributed by atoms with Crippen molar-refractivity contribution in [3.63, 3.8) is 0 Å². The van der Waals surface area contributed by atoms with Gasteiger partial charge in [0.05, 0.1) is 5.92 Å². The summed E-state index contributed by atoms with van der Waals surface area (Å²) in [6, 6.07) is 17.1. The van der Waals surface area contributed by atoms with Crippen molar-refractivity contribution in [3.05, 3.63) is 65.7 Å². The fourth-order valence-corrected chi connectivity index (χ4v) is 2.56. The van der Waals surface area contributed by atoms with E-state index in [9.17, 15) is 9.59 Å². The molecule has 2 aromatic carbocycles. The van der Waals surface area contributed by atoms with Crippen LogP contribution in [0.1, 0.15) is 36.8 Å². The van der Waals surface area contributed by atoms with E-state index < -0.39 is 5.91 Å². The van der Waals surface area contributed by atoms with Crippen molar-refractivity contribution in [1.29, 1.82) is 0 Å². The van der Waals surface area contributed by atoms with E-state index in [1.807, 2.05) is 61.5 Å². The highest BCUT2D eigenvalue weighted by atomic mass is 16.5. The molecule has 2 aromatic rings. The highest BCUT2D eigenvalue weighted by Crippen LogP contribution is 2.21. The molecule has 5 heteroatoms. The van der Waals surface area contributed by atoms with Gasteiger partial charge in [-0.25, -0.2) is 5.48 Å². The Bertz CT molecular complexity index is 669. The smallest absolute Gasteiger partial charge is 0.243 e. The van der Waals surface area contributed by atoms with E-state index in [0.717, 1.165) is 23.2 Å². The molecule has 0 aromatic heterocycles. The second-order valence-corrected chi connectivity index (χ2v) is 5.59. The van der Waals surface area contributed by atoms with Gasteiger partial charge in [-0.3, -0.25) is 14.8 Å². The molecule has 0 aliphatic heterocycles. The maximum Gasteiger partial charge on any atom is 0.243 e. The van der Waals surface area contributed by atoms with Gasteiger partial charge in [0.2, 0.25) is 11.8 Å². The Morgan fingerprint density at radius 3 is 2.29 bits per heavy atom. The summed E-state index contributed by atoms with van der Waals surface area (Å²) in [6.07, 6.45) is 1.47. The van der Waals surface area contributed by atoms with Crippen LogP contribution in [0.4, 0.5) is 5.69 Å². The van der Waals surface area contributed by atoms with Crippen molar-refractivity contribution in [2.24, 2.45) is 0 Å². The Balaban J connectivity index is 1.97. The van der Waals surface area contributed by atoms with Gasteiger partial charge in [0.1, 0.15) is 0 Å². The second-order valence-electron chi connectivity index (χ2n) is 5.59. The zero-order valence-electron chi connectivity index (χ0n) is 13.7. The first kappa shape index (κ1) is 17.7. The van der Waals surface area contributed by atoms with Crippen molar-refractivity contribution >= 4 is 17.5 Å². The number of amides is 2. The van der Waals surface area contributed by atoms with Crippen molar-refractivity contribution in [3.8, 4) is 0 Å². The van der Waals surface area contributed by atoms with Gasteiger partial charge in [-0.1, -0.05) is 49.4 Å². The molecule has 2 amide bonds. The lowest BCUT2D eigenvalue weighted by Gasteiger charge is -2.15. The average molecular weight is 326 g/mol. The van der Waals surface area contributed by atoms with Crippen molar-refractivity contribution in [2.45, 2.75) is 32.1 Å². The minimum absolute atomic E-state index is 0.0314. The summed E-state index contributed by atoms with van der Waals surface area (Å²) in [5.74, 6) is -0.628. The maximum atomic E-state index is 12.5. The lowest BCUT2D eigenvalue weighted by molar-refractivity contribution is -0.129. The molecule has 1 atom stereocenters. The number of nitrogens with one attached hydrogen (secondary N) is 2. The zero-order valence-corrected chi connectivity index (χ0v) is 13.7. The third-order valence-corrected chi connectivity index (χ3v) is 3.91. The first-order chi connectivity index (χ1) is 11.6. The first-order valence-corrected chi connectivity index (χ1v) is 8.01. The van der Waals surface area contributed by atoms with E-state index in [-0.39, 0.29) is 18.2 Å². The number of anilines is 1. The highest BCUT2D eigenvalue weighted by molar-refractivity contribution is 5.95.